The Morgan fingerprint density at radius 1 is 0.545 bits per heavy atom. The van der Waals surface area contributed by atoms with Gasteiger partial charge in [0.05, 0.1) is 32.5 Å². The summed E-state index contributed by atoms with van der Waals surface area (Å²) >= 11 is 12.7. The van der Waals surface area contributed by atoms with Crippen molar-refractivity contribution in [2.24, 2.45) is 0 Å². The van der Waals surface area contributed by atoms with E-state index < -0.39 is 16.1 Å². The second kappa shape index (κ2) is 13.1. The summed E-state index contributed by atoms with van der Waals surface area (Å²) in [5, 5.41) is 8.12. The molecule has 0 radical (unpaired) electrons. The second-order valence-corrected chi connectivity index (χ2v) is 26.1. The standard InChI is InChI=1S/C36H48Cl2N4Si2/c1-21(2)43(22(3)4,23(5)6)17-15-27-13-14-28(16-18-44(24(7)8,25(9)10)26(11)12)34-33(27)41-35-36(42-34)40-32-20-30(38)29(37)19-31(32)39-35/h13-14,19-26H,1-12H3,(H,39,41)(H,40,42). The van der Waals surface area contributed by atoms with Gasteiger partial charge < -0.3 is 10.6 Å². The number of fused-ring (bicyclic) bond motifs is 3. The van der Waals surface area contributed by atoms with Crippen molar-refractivity contribution in [1.82, 2.24) is 9.97 Å². The van der Waals surface area contributed by atoms with Crippen molar-refractivity contribution in [2.75, 3.05) is 10.6 Å². The minimum absolute atomic E-state index is 0.451. The van der Waals surface area contributed by atoms with E-state index in [0.29, 0.717) is 66.0 Å². The molecule has 1 aliphatic rings. The SMILES string of the molecule is CC(C)[Si](C#Cc1ccc(C#C[Si](C(C)C)(C(C)C)C(C)C)c2c1Nc1nc3cc(Cl)c(Cl)cc3nc1N2)(C(C)C)C(C)C. The summed E-state index contributed by atoms with van der Waals surface area (Å²) in [7, 11) is -3.91. The van der Waals surface area contributed by atoms with Gasteiger partial charge in [-0.2, -0.15) is 0 Å². The Kier molecular flexibility index (Phi) is 10.2. The van der Waals surface area contributed by atoms with Gasteiger partial charge in [-0.25, -0.2) is 9.97 Å². The Labute approximate surface area is 277 Å². The van der Waals surface area contributed by atoms with Crippen molar-refractivity contribution in [3.8, 4) is 22.9 Å². The van der Waals surface area contributed by atoms with Crippen LogP contribution in [0.3, 0.4) is 0 Å². The first-order chi connectivity index (χ1) is 20.6. The molecule has 0 atom stereocenters. The molecule has 4 nitrogen and oxygen atoms in total. The molecule has 3 aromatic rings. The van der Waals surface area contributed by atoms with Gasteiger partial charge in [0.25, 0.3) is 0 Å². The highest BCUT2D eigenvalue weighted by molar-refractivity contribution is 6.91. The number of rotatable bonds is 6. The van der Waals surface area contributed by atoms with E-state index in [4.69, 9.17) is 33.2 Å². The first kappa shape index (κ1) is 34.4. The molecule has 1 aliphatic heterocycles. The zero-order valence-corrected chi connectivity index (χ0v) is 31.9. The fourth-order valence-corrected chi connectivity index (χ4v) is 18.5. The average molecular weight is 664 g/mol. The van der Waals surface area contributed by atoms with Gasteiger partial charge in [0, 0.05) is 11.1 Å². The molecule has 0 spiro atoms. The normalized spacial score (nSPS) is 13.1. The van der Waals surface area contributed by atoms with Crippen LogP contribution in [-0.2, 0) is 0 Å². The lowest BCUT2D eigenvalue weighted by Crippen LogP contribution is -2.43. The predicted octanol–water partition coefficient (Wildman–Crippen LogP) is 11.9. The molecule has 0 bridgehead atoms. The largest absolute Gasteiger partial charge is 0.334 e. The molecule has 44 heavy (non-hydrogen) atoms. The van der Waals surface area contributed by atoms with Crippen LogP contribution in [0, 0.1) is 22.9 Å². The number of aromatic nitrogens is 2. The Hall–Kier alpha value is -2.49. The van der Waals surface area contributed by atoms with Crippen molar-refractivity contribution < 1.29 is 0 Å². The smallest absolute Gasteiger partial charge is 0.174 e. The van der Waals surface area contributed by atoms with Crippen LogP contribution in [0.1, 0.15) is 94.2 Å². The molecule has 234 valence electrons. The van der Waals surface area contributed by atoms with Gasteiger partial charge in [-0.05, 0) is 57.5 Å². The lowest BCUT2D eigenvalue weighted by Gasteiger charge is -2.38. The molecule has 1 aromatic heterocycles. The Balaban J connectivity index is 1.97. The van der Waals surface area contributed by atoms with Crippen LogP contribution >= 0.6 is 23.2 Å². The molecule has 2 N–H and O–H groups in total. The van der Waals surface area contributed by atoms with Crippen LogP contribution in [0.4, 0.5) is 23.0 Å². The Morgan fingerprint density at radius 3 is 1.11 bits per heavy atom. The van der Waals surface area contributed by atoms with E-state index in [1.807, 2.05) is 0 Å². The minimum atomic E-state index is -1.95. The fourth-order valence-electron chi connectivity index (χ4n) is 7.75. The minimum Gasteiger partial charge on any atom is -0.334 e. The third kappa shape index (κ3) is 6.04. The summed E-state index contributed by atoms with van der Waals surface area (Å²) in [5.41, 5.74) is 16.1. The quantitative estimate of drug-likeness (QED) is 0.159. The summed E-state index contributed by atoms with van der Waals surface area (Å²) in [6, 6.07) is 7.77. The number of halogens is 2. The van der Waals surface area contributed by atoms with Crippen molar-refractivity contribution in [1.29, 1.82) is 0 Å². The number of benzene rings is 2. The molecule has 4 rings (SSSR count). The molecule has 0 saturated carbocycles. The highest BCUT2D eigenvalue weighted by Gasteiger charge is 2.43. The average Bonchev–Trinajstić information content (AvgIpc) is 2.92. The van der Waals surface area contributed by atoms with Gasteiger partial charge in [-0.3, -0.25) is 0 Å². The molecule has 2 heterocycles. The molecule has 0 fully saturated rings. The number of nitrogens with one attached hydrogen (secondary N) is 2. The van der Waals surface area contributed by atoms with Crippen molar-refractivity contribution in [2.45, 2.75) is 116 Å². The van der Waals surface area contributed by atoms with Crippen molar-refractivity contribution in [3.63, 3.8) is 0 Å². The zero-order valence-electron chi connectivity index (χ0n) is 28.4. The number of anilines is 4. The second-order valence-electron chi connectivity index (χ2n) is 14.1. The number of nitrogens with zero attached hydrogens (tertiary/aromatic N) is 2. The molecule has 0 unspecified atom stereocenters. The molecule has 0 aliphatic carbocycles. The van der Waals surface area contributed by atoms with Crippen LogP contribution in [0.15, 0.2) is 24.3 Å². The highest BCUT2D eigenvalue weighted by Crippen LogP contribution is 2.45. The molecule has 8 heteroatoms. The van der Waals surface area contributed by atoms with Crippen LogP contribution in [0.5, 0.6) is 0 Å². The molecule has 2 aromatic carbocycles. The molecular weight excluding hydrogens is 616 g/mol. The van der Waals surface area contributed by atoms with Gasteiger partial charge in [0.1, 0.15) is 16.1 Å². The van der Waals surface area contributed by atoms with Crippen LogP contribution in [0.2, 0.25) is 43.3 Å². The lowest BCUT2D eigenvalue weighted by molar-refractivity contribution is 0.838. The summed E-state index contributed by atoms with van der Waals surface area (Å²) in [6.07, 6.45) is 0. The summed E-state index contributed by atoms with van der Waals surface area (Å²) in [4.78, 5) is 9.78. The lowest BCUT2D eigenvalue weighted by atomic mass is 10.0. The fraction of sp³-hybridized carbons (Fsp3) is 0.500. The number of hydrogen-bond acceptors (Lipinski definition) is 4. The van der Waals surface area contributed by atoms with E-state index in [1.54, 1.807) is 12.1 Å². The molecule has 0 saturated heterocycles. The van der Waals surface area contributed by atoms with Gasteiger partial charge in [0.2, 0.25) is 0 Å². The van der Waals surface area contributed by atoms with Crippen LogP contribution in [-0.4, -0.2) is 26.1 Å². The van der Waals surface area contributed by atoms with E-state index in [1.165, 1.54) is 0 Å². The van der Waals surface area contributed by atoms with E-state index in [-0.39, 0.29) is 0 Å². The summed E-state index contributed by atoms with van der Waals surface area (Å²) in [5.74, 6) is 8.62. The maximum atomic E-state index is 6.33. The van der Waals surface area contributed by atoms with E-state index in [0.717, 1.165) is 22.5 Å². The van der Waals surface area contributed by atoms with Crippen molar-refractivity contribution >= 4 is 73.4 Å². The zero-order chi connectivity index (χ0) is 32.7. The topological polar surface area (TPSA) is 49.8 Å². The first-order valence-corrected chi connectivity index (χ1v) is 21.2. The Bertz CT molecular complexity index is 1520. The van der Waals surface area contributed by atoms with E-state index >= 15 is 0 Å². The predicted molar refractivity (Wildman–Crippen MR) is 198 cm³/mol. The van der Waals surface area contributed by atoms with Crippen LogP contribution < -0.4 is 10.6 Å². The van der Waals surface area contributed by atoms with Crippen LogP contribution in [0.25, 0.3) is 11.0 Å². The summed E-state index contributed by atoms with van der Waals surface area (Å²) in [6.45, 7) is 28.1. The van der Waals surface area contributed by atoms with Gasteiger partial charge >= 0.3 is 0 Å². The van der Waals surface area contributed by atoms with Gasteiger partial charge in [-0.1, -0.05) is 118 Å². The molecular formula is C36H48Cl2N4Si2. The van der Waals surface area contributed by atoms with Gasteiger partial charge in [0.15, 0.2) is 11.6 Å². The van der Waals surface area contributed by atoms with Gasteiger partial charge in [-0.15, -0.1) is 11.1 Å². The molecule has 0 amide bonds. The van der Waals surface area contributed by atoms with Crippen molar-refractivity contribution in [3.05, 3.63) is 45.4 Å². The first-order valence-electron chi connectivity index (χ1n) is 16.0. The highest BCUT2D eigenvalue weighted by atomic mass is 35.5. The monoisotopic (exact) mass is 662 g/mol. The maximum Gasteiger partial charge on any atom is 0.174 e. The van der Waals surface area contributed by atoms with E-state index in [2.05, 4.69) is 129 Å². The third-order valence-corrected chi connectivity index (χ3v) is 23.3. The maximum absolute atomic E-state index is 6.33. The number of hydrogen-bond donors (Lipinski definition) is 2. The summed E-state index contributed by atoms with van der Waals surface area (Å²) < 4.78 is 0. The third-order valence-electron chi connectivity index (χ3n) is 9.96. The van der Waals surface area contributed by atoms with E-state index in [9.17, 15) is 0 Å². The Morgan fingerprint density at radius 2 is 0.841 bits per heavy atom.